The third kappa shape index (κ3) is 6.21. The molecule has 0 saturated heterocycles. The molecule has 0 spiro atoms. The first kappa shape index (κ1) is 19.5. The Morgan fingerprint density at radius 2 is 1.12 bits per heavy atom. The van der Waals surface area contributed by atoms with Crippen LogP contribution in [0.25, 0.3) is 0 Å². The molecule has 0 radical (unpaired) electrons. The molecule has 0 bridgehead atoms. The minimum atomic E-state index is -1.61. The minimum absolute atomic E-state index is 0.262. The number of amides is 2. The van der Waals surface area contributed by atoms with E-state index in [2.05, 4.69) is 10.6 Å². The van der Waals surface area contributed by atoms with Crippen molar-refractivity contribution in [2.24, 2.45) is 0 Å². The van der Waals surface area contributed by atoms with Gasteiger partial charge in [-0.1, -0.05) is 0 Å². The molecule has 2 aromatic carbocycles. The smallest absolute Gasteiger partial charge is 0.237 e. The summed E-state index contributed by atoms with van der Waals surface area (Å²) < 4.78 is 22.1. The van der Waals surface area contributed by atoms with E-state index in [1.165, 1.54) is 0 Å². The zero-order valence-corrected chi connectivity index (χ0v) is 15.3. The van der Waals surface area contributed by atoms with E-state index in [4.69, 9.17) is 9.47 Å². The van der Waals surface area contributed by atoms with Crippen LogP contribution < -0.4 is 20.1 Å². The maximum atomic E-state index is 12.0. The highest BCUT2D eigenvalue weighted by Gasteiger charge is 2.13. The van der Waals surface area contributed by atoms with E-state index in [-0.39, 0.29) is 11.5 Å². The third-order valence-electron chi connectivity index (χ3n) is 3.33. The van der Waals surface area contributed by atoms with Crippen LogP contribution in [0, 0.1) is 0 Å². The first-order chi connectivity index (χ1) is 12.5. The fourth-order valence-corrected chi connectivity index (χ4v) is 2.92. The molecule has 0 saturated carbocycles. The normalized spacial score (nSPS) is 10.3. The molecule has 7 nitrogen and oxygen atoms in total. The third-order valence-corrected chi connectivity index (χ3v) is 4.50. The predicted molar refractivity (Wildman–Crippen MR) is 101 cm³/mol. The van der Waals surface area contributed by atoms with Crippen molar-refractivity contribution in [3.63, 3.8) is 0 Å². The number of hydrogen-bond donors (Lipinski definition) is 2. The number of ether oxygens (including phenoxy) is 2. The Bertz CT molecular complexity index is 710. The molecule has 0 aliphatic carbocycles. The molecule has 0 unspecified atom stereocenters. The molecule has 8 heteroatoms. The maximum Gasteiger partial charge on any atom is 0.237 e. The predicted octanol–water partition coefficient (Wildman–Crippen LogP) is 2.03. The van der Waals surface area contributed by atoms with E-state index in [9.17, 15) is 13.8 Å². The summed E-state index contributed by atoms with van der Waals surface area (Å²) in [6.45, 7) is 0. The first-order valence-electron chi connectivity index (χ1n) is 7.73. The van der Waals surface area contributed by atoms with Crippen LogP contribution >= 0.6 is 0 Å². The van der Waals surface area contributed by atoms with Crippen molar-refractivity contribution >= 4 is 34.0 Å². The molecular formula is C18H20N2O5S. The molecule has 0 heterocycles. The monoisotopic (exact) mass is 376 g/mol. The van der Waals surface area contributed by atoms with Gasteiger partial charge in [-0.25, -0.2) is 0 Å². The van der Waals surface area contributed by atoms with Gasteiger partial charge in [-0.3, -0.25) is 13.8 Å². The van der Waals surface area contributed by atoms with Crippen molar-refractivity contribution < 1.29 is 23.3 Å². The largest absolute Gasteiger partial charge is 0.497 e. The number of hydrogen-bond acceptors (Lipinski definition) is 5. The van der Waals surface area contributed by atoms with Gasteiger partial charge in [0.1, 0.15) is 23.0 Å². The molecule has 2 amide bonds. The fraction of sp³-hybridized carbons (Fsp3) is 0.222. The van der Waals surface area contributed by atoms with E-state index < -0.39 is 22.6 Å². The summed E-state index contributed by atoms with van der Waals surface area (Å²) in [5.74, 6) is -0.0375. The van der Waals surface area contributed by atoms with Gasteiger partial charge in [0.05, 0.1) is 14.2 Å². The number of methoxy groups -OCH3 is 2. The Balaban J connectivity index is 1.78. The van der Waals surface area contributed by atoms with Crippen LogP contribution in [0.1, 0.15) is 0 Å². The standard InChI is InChI=1S/C18H20N2O5S/c1-24-15-7-3-13(4-8-15)19-17(21)11-26(23)12-18(22)20-14-5-9-16(25-2)10-6-14/h3-10H,11-12H2,1-2H3,(H,19,21)(H,20,22). The summed E-state index contributed by atoms with van der Waals surface area (Å²) in [5, 5.41) is 5.25. The minimum Gasteiger partial charge on any atom is -0.497 e. The summed E-state index contributed by atoms with van der Waals surface area (Å²) in [4.78, 5) is 23.8. The van der Waals surface area contributed by atoms with Gasteiger partial charge in [0, 0.05) is 22.2 Å². The highest BCUT2D eigenvalue weighted by molar-refractivity contribution is 7.86. The van der Waals surface area contributed by atoms with Crippen LogP contribution in [-0.4, -0.2) is 41.7 Å². The zero-order valence-electron chi connectivity index (χ0n) is 14.5. The lowest BCUT2D eigenvalue weighted by molar-refractivity contribution is -0.114. The van der Waals surface area contributed by atoms with Crippen molar-refractivity contribution in [3.05, 3.63) is 48.5 Å². The van der Waals surface area contributed by atoms with Gasteiger partial charge >= 0.3 is 0 Å². The Labute approximate surface area is 154 Å². The van der Waals surface area contributed by atoms with E-state index in [0.29, 0.717) is 22.9 Å². The average Bonchev–Trinajstić information content (AvgIpc) is 2.62. The van der Waals surface area contributed by atoms with Gasteiger partial charge in [0.25, 0.3) is 0 Å². The van der Waals surface area contributed by atoms with Gasteiger partial charge < -0.3 is 20.1 Å². The van der Waals surface area contributed by atoms with E-state index in [0.717, 1.165) is 0 Å². The van der Waals surface area contributed by atoms with Crippen LogP contribution in [0.2, 0.25) is 0 Å². The number of nitrogens with one attached hydrogen (secondary N) is 2. The highest BCUT2D eigenvalue weighted by Crippen LogP contribution is 2.16. The van der Waals surface area contributed by atoms with Crippen molar-refractivity contribution in [3.8, 4) is 11.5 Å². The SMILES string of the molecule is COc1ccc(NC(=O)CS(=O)CC(=O)Nc2ccc(OC)cc2)cc1. The molecule has 0 aliphatic heterocycles. The molecule has 0 atom stereocenters. The number of carbonyl (C=O) groups is 2. The quantitative estimate of drug-likeness (QED) is 0.735. The number of carbonyl (C=O) groups excluding carboxylic acids is 2. The molecular weight excluding hydrogens is 356 g/mol. The Kier molecular flexibility index (Phi) is 7.16. The Hall–Kier alpha value is -2.87. The van der Waals surface area contributed by atoms with Crippen LogP contribution in [0.5, 0.6) is 11.5 Å². The second kappa shape index (κ2) is 9.57. The molecule has 0 aliphatic rings. The number of benzene rings is 2. The van der Waals surface area contributed by atoms with Crippen LogP contribution in [0.15, 0.2) is 48.5 Å². The number of anilines is 2. The van der Waals surface area contributed by atoms with Gasteiger partial charge in [-0.05, 0) is 48.5 Å². The molecule has 138 valence electrons. The lowest BCUT2D eigenvalue weighted by Gasteiger charge is -2.08. The van der Waals surface area contributed by atoms with Crippen molar-refractivity contribution in [2.45, 2.75) is 0 Å². The number of rotatable bonds is 8. The fourth-order valence-electron chi connectivity index (χ4n) is 2.09. The van der Waals surface area contributed by atoms with Crippen LogP contribution in [-0.2, 0) is 20.4 Å². The van der Waals surface area contributed by atoms with Gasteiger partial charge in [0.15, 0.2) is 0 Å². The molecule has 0 fully saturated rings. The van der Waals surface area contributed by atoms with Crippen molar-refractivity contribution in [2.75, 3.05) is 36.4 Å². The van der Waals surface area contributed by atoms with Gasteiger partial charge in [0.2, 0.25) is 11.8 Å². The van der Waals surface area contributed by atoms with Crippen LogP contribution in [0.3, 0.4) is 0 Å². The van der Waals surface area contributed by atoms with Gasteiger partial charge in [-0.15, -0.1) is 0 Å². The second-order valence-electron chi connectivity index (χ2n) is 5.28. The summed E-state index contributed by atoms with van der Waals surface area (Å²) in [6.07, 6.45) is 0. The summed E-state index contributed by atoms with van der Waals surface area (Å²) in [6, 6.07) is 13.5. The first-order valence-corrected chi connectivity index (χ1v) is 9.21. The lowest BCUT2D eigenvalue weighted by atomic mass is 10.3. The van der Waals surface area contributed by atoms with Gasteiger partial charge in [-0.2, -0.15) is 0 Å². The second-order valence-corrected chi connectivity index (χ2v) is 6.74. The van der Waals surface area contributed by atoms with Crippen molar-refractivity contribution in [1.82, 2.24) is 0 Å². The molecule has 2 N–H and O–H groups in total. The van der Waals surface area contributed by atoms with E-state index >= 15 is 0 Å². The Morgan fingerprint density at radius 1 is 0.769 bits per heavy atom. The average molecular weight is 376 g/mol. The van der Waals surface area contributed by atoms with Crippen molar-refractivity contribution in [1.29, 1.82) is 0 Å². The van der Waals surface area contributed by atoms with Crippen LogP contribution in [0.4, 0.5) is 11.4 Å². The highest BCUT2D eigenvalue weighted by atomic mass is 32.2. The summed E-state index contributed by atoms with van der Waals surface area (Å²) >= 11 is 0. The lowest BCUT2D eigenvalue weighted by Crippen LogP contribution is -2.26. The molecule has 0 aromatic heterocycles. The maximum absolute atomic E-state index is 12.0. The topological polar surface area (TPSA) is 93.7 Å². The van der Waals surface area contributed by atoms with E-state index in [1.807, 2.05) is 0 Å². The zero-order chi connectivity index (χ0) is 18.9. The molecule has 26 heavy (non-hydrogen) atoms. The summed E-state index contributed by atoms with van der Waals surface area (Å²) in [5.41, 5.74) is 1.13. The molecule has 2 aromatic rings. The van der Waals surface area contributed by atoms with E-state index in [1.54, 1.807) is 62.8 Å². The molecule has 2 rings (SSSR count). The Morgan fingerprint density at radius 3 is 1.42 bits per heavy atom. The summed E-state index contributed by atoms with van der Waals surface area (Å²) in [7, 11) is 1.49.